The molecule has 0 aliphatic rings. The highest BCUT2D eigenvalue weighted by atomic mass is 32.1. The minimum absolute atomic E-state index is 1.12. The van der Waals surface area contributed by atoms with Crippen molar-refractivity contribution in [3.8, 4) is 16.8 Å². The van der Waals surface area contributed by atoms with E-state index in [2.05, 4.69) is 204 Å². The van der Waals surface area contributed by atoms with Crippen LogP contribution in [0.5, 0.6) is 0 Å². The van der Waals surface area contributed by atoms with Gasteiger partial charge < -0.3 is 9.47 Å². The number of benzene rings is 9. The van der Waals surface area contributed by atoms with E-state index in [1.54, 1.807) is 0 Å². The molecule has 0 atom stereocenters. The molecule has 248 valence electrons. The van der Waals surface area contributed by atoms with E-state index >= 15 is 0 Å². The van der Waals surface area contributed by atoms with Crippen LogP contribution in [0.15, 0.2) is 194 Å². The molecule has 2 aromatic heterocycles. The molecule has 11 rings (SSSR count). The third-order valence-electron chi connectivity index (χ3n) is 10.8. The second kappa shape index (κ2) is 11.9. The lowest BCUT2D eigenvalue weighted by Gasteiger charge is -2.26. The average molecular weight is 693 g/mol. The van der Waals surface area contributed by atoms with Crippen molar-refractivity contribution >= 4 is 91.9 Å². The van der Waals surface area contributed by atoms with E-state index in [0.29, 0.717) is 0 Å². The third-order valence-corrected chi connectivity index (χ3v) is 11.9. The van der Waals surface area contributed by atoms with Crippen LogP contribution in [-0.2, 0) is 0 Å². The van der Waals surface area contributed by atoms with Crippen LogP contribution in [0.4, 0.5) is 17.1 Å². The van der Waals surface area contributed by atoms with Crippen molar-refractivity contribution in [2.75, 3.05) is 4.90 Å². The Morgan fingerprint density at radius 1 is 0.377 bits per heavy atom. The lowest BCUT2D eigenvalue weighted by atomic mass is 9.98. The molecule has 0 spiro atoms. The molecule has 2 heterocycles. The summed E-state index contributed by atoms with van der Waals surface area (Å²) in [7, 11) is 0. The van der Waals surface area contributed by atoms with Crippen molar-refractivity contribution in [2.24, 2.45) is 0 Å². The van der Waals surface area contributed by atoms with Gasteiger partial charge in [-0.15, -0.1) is 11.3 Å². The Morgan fingerprint density at radius 3 is 1.91 bits per heavy atom. The number of thiophene rings is 1. The fraction of sp³-hybridized carbons (Fsp3) is 0. The van der Waals surface area contributed by atoms with Crippen molar-refractivity contribution in [3.05, 3.63) is 194 Å². The lowest BCUT2D eigenvalue weighted by Crippen LogP contribution is -2.09. The van der Waals surface area contributed by atoms with Gasteiger partial charge in [0.2, 0.25) is 0 Å². The van der Waals surface area contributed by atoms with Gasteiger partial charge in [-0.25, -0.2) is 0 Å². The molecule has 11 aromatic rings. The van der Waals surface area contributed by atoms with Crippen LogP contribution in [0, 0.1) is 0 Å². The Kier molecular flexibility index (Phi) is 6.76. The van der Waals surface area contributed by atoms with Crippen LogP contribution in [0.1, 0.15) is 0 Å². The molecule has 0 aliphatic carbocycles. The minimum atomic E-state index is 1.12. The second-order valence-corrected chi connectivity index (χ2v) is 14.8. The van der Waals surface area contributed by atoms with Crippen LogP contribution in [0.3, 0.4) is 0 Å². The monoisotopic (exact) mass is 692 g/mol. The molecule has 0 radical (unpaired) electrons. The van der Waals surface area contributed by atoms with E-state index in [0.717, 1.165) is 17.1 Å². The number of hydrogen-bond donors (Lipinski definition) is 0. The van der Waals surface area contributed by atoms with Crippen molar-refractivity contribution in [2.45, 2.75) is 0 Å². The van der Waals surface area contributed by atoms with Gasteiger partial charge in [-0.3, -0.25) is 0 Å². The first kappa shape index (κ1) is 30.0. The first-order chi connectivity index (χ1) is 26.3. The number of para-hydroxylation sites is 2. The van der Waals surface area contributed by atoms with Gasteiger partial charge in [-0.2, -0.15) is 0 Å². The largest absolute Gasteiger partial charge is 0.310 e. The van der Waals surface area contributed by atoms with E-state index in [1.165, 1.54) is 80.3 Å². The quantitative estimate of drug-likeness (QED) is 0.163. The number of aromatic nitrogens is 1. The van der Waals surface area contributed by atoms with Crippen LogP contribution in [0.2, 0.25) is 0 Å². The van der Waals surface area contributed by atoms with Gasteiger partial charge in [0.05, 0.1) is 11.0 Å². The molecule has 9 aromatic carbocycles. The van der Waals surface area contributed by atoms with Gasteiger partial charge in [0.15, 0.2) is 0 Å². The highest BCUT2D eigenvalue weighted by Crippen LogP contribution is 2.43. The maximum Gasteiger partial charge on any atom is 0.0547 e. The fourth-order valence-electron chi connectivity index (χ4n) is 8.35. The zero-order chi connectivity index (χ0) is 34.9. The van der Waals surface area contributed by atoms with E-state index in [9.17, 15) is 0 Å². The summed E-state index contributed by atoms with van der Waals surface area (Å²) in [5.74, 6) is 0. The molecule has 3 heteroatoms. The summed E-state index contributed by atoms with van der Waals surface area (Å²) in [5.41, 5.74) is 9.40. The van der Waals surface area contributed by atoms with Crippen molar-refractivity contribution < 1.29 is 0 Å². The molecule has 0 fully saturated rings. The Labute approximate surface area is 311 Å². The summed E-state index contributed by atoms with van der Waals surface area (Å²) in [5, 5.41) is 10.2. The van der Waals surface area contributed by atoms with Gasteiger partial charge in [0.1, 0.15) is 0 Å². The standard InChI is InChI=1S/C50H32N2S/c1-2-12-36(13-3-1)52-46-18-8-6-16-44(46)50-42(17-10-19-47(50)52)34-23-25-37(26-24-34)51(39-28-30-49-45(32-39)43-15-7-9-20-48(43)53-49)38-27-29-41-35(31-38)22-21-33-11-4-5-14-40(33)41/h1-32H. The summed E-state index contributed by atoms with van der Waals surface area (Å²) < 4.78 is 5.01. The Hall–Kier alpha value is -6.68. The first-order valence-corrected chi connectivity index (χ1v) is 18.9. The van der Waals surface area contributed by atoms with E-state index in [4.69, 9.17) is 0 Å². The Balaban J connectivity index is 1.09. The zero-order valence-electron chi connectivity index (χ0n) is 28.8. The van der Waals surface area contributed by atoms with Gasteiger partial charge in [0, 0.05) is 53.7 Å². The summed E-state index contributed by atoms with van der Waals surface area (Å²) >= 11 is 1.86. The highest BCUT2D eigenvalue weighted by molar-refractivity contribution is 7.25. The van der Waals surface area contributed by atoms with E-state index in [1.807, 2.05) is 11.3 Å². The topological polar surface area (TPSA) is 8.17 Å². The lowest BCUT2D eigenvalue weighted by molar-refractivity contribution is 1.18. The maximum absolute atomic E-state index is 2.41. The number of nitrogens with zero attached hydrogens (tertiary/aromatic N) is 2. The smallest absolute Gasteiger partial charge is 0.0547 e. The van der Waals surface area contributed by atoms with Gasteiger partial charge in [0.25, 0.3) is 0 Å². The molecule has 0 bridgehead atoms. The van der Waals surface area contributed by atoms with Crippen LogP contribution < -0.4 is 4.90 Å². The molecule has 0 amide bonds. The summed E-state index contributed by atoms with van der Waals surface area (Å²) in [6.07, 6.45) is 0. The molecular formula is C50H32N2S. The normalized spacial score (nSPS) is 11.8. The second-order valence-electron chi connectivity index (χ2n) is 13.7. The highest BCUT2D eigenvalue weighted by Gasteiger charge is 2.19. The van der Waals surface area contributed by atoms with Crippen molar-refractivity contribution in [1.29, 1.82) is 0 Å². The zero-order valence-corrected chi connectivity index (χ0v) is 29.6. The molecule has 0 unspecified atom stereocenters. The Morgan fingerprint density at radius 2 is 1.02 bits per heavy atom. The summed E-state index contributed by atoms with van der Waals surface area (Å²) in [4.78, 5) is 2.41. The van der Waals surface area contributed by atoms with Crippen LogP contribution >= 0.6 is 11.3 Å². The molecule has 0 aliphatic heterocycles. The molecular weight excluding hydrogens is 661 g/mol. The first-order valence-electron chi connectivity index (χ1n) is 18.1. The van der Waals surface area contributed by atoms with Crippen molar-refractivity contribution in [1.82, 2.24) is 4.57 Å². The van der Waals surface area contributed by atoms with Crippen LogP contribution in [0.25, 0.3) is 80.3 Å². The van der Waals surface area contributed by atoms with Gasteiger partial charge >= 0.3 is 0 Å². The number of anilines is 3. The third kappa shape index (κ3) is 4.78. The van der Waals surface area contributed by atoms with Gasteiger partial charge in [-0.05, 0) is 105 Å². The van der Waals surface area contributed by atoms with Gasteiger partial charge in [-0.1, -0.05) is 121 Å². The predicted octanol–water partition coefficient (Wildman–Crippen LogP) is 14.6. The van der Waals surface area contributed by atoms with E-state index in [-0.39, 0.29) is 0 Å². The molecule has 0 saturated carbocycles. The minimum Gasteiger partial charge on any atom is -0.310 e. The maximum atomic E-state index is 2.41. The SMILES string of the molecule is c1ccc(-n2c3ccccc3c3c(-c4ccc(N(c5ccc6c(ccc7ccccc76)c5)c5ccc6sc7ccccc7c6c5)cc4)cccc32)cc1. The molecule has 53 heavy (non-hydrogen) atoms. The molecule has 0 saturated heterocycles. The van der Waals surface area contributed by atoms with E-state index < -0.39 is 0 Å². The summed E-state index contributed by atoms with van der Waals surface area (Å²) in [6.45, 7) is 0. The number of rotatable bonds is 5. The number of fused-ring (bicyclic) bond motifs is 9. The average Bonchev–Trinajstić information content (AvgIpc) is 3.77. The fourth-order valence-corrected chi connectivity index (χ4v) is 9.43. The summed E-state index contributed by atoms with van der Waals surface area (Å²) in [6, 6.07) is 71.0. The predicted molar refractivity (Wildman–Crippen MR) is 229 cm³/mol. The number of hydrogen-bond acceptors (Lipinski definition) is 2. The Bertz CT molecular complexity index is 3170. The molecule has 0 N–H and O–H groups in total. The van der Waals surface area contributed by atoms with Crippen LogP contribution in [-0.4, -0.2) is 4.57 Å². The van der Waals surface area contributed by atoms with Crippen molar-refractivity contribution in [3.63, 3.8) is 0 Å². The molecule has 2 nitrogen and oxygen atoms in total.